The second kappa shape index (κ2) is 61.5. The molecule has 0 aliphatic rings. The van der Waals surface area contributed by atoms with Gasteiger partial charge >= 0.3 is 23.9 Å². The second-order valence-corrected chi connectivity index (χ2v) is 21.6. The molecule has 0 spiro atoms. The Labute approximate surface area is 545 Å². The Morgan fingerprint density at radius 1 is 0.269 bits per heavy atom. The first-order valence-corrected chi connectivity index (χ1v) is 32.6. The van der Waals surface area contributed by atoms with Crippen LogP contribution in [0.1, 0.15) is 161 Å². The lowest BCUT2D eigenvalue weighted by atomic mass is 10.0. The number of ether oxygens (including phenoxy) is 8. The van der Waals surface area contributed by atoms with Crippen molar-refractivity contribution in [2.45, 2.75) is 179 Å². The van der Waals surface area contributed by atoms with Crippen LogP contribution in [0.5, 0.6) is 0 Å². The molecule has 32 nitrogen and oxygen atoms in total. The molecule has 1 unspecified atom stereocenters. The van der Waals surface area contributed by atoms with E-state index >= 15 is 0 Å². The molecular weight excluding hydrogens is 1230 g/mol. The molecule has 32 heteroatoms. The van der Waals surface area contributed by atoms with E-state index in [0.29, 0.717) is 13.0 Å². The molecule has 0 aliphatic heterocycles. The molecule has 0 rings (SSSR count). The molecule has 0 fully saturated rings. The summed E-state index contributed by atoms with van der Waals surface area (Å²) in [7, 11) is 0. The normalized spacial score (nSPS) is 12.0. The van der Waals surface area contributed by atoms with Crippen molar-refractivity contribution in [2.24, 2.45) is 0 Å². The summed E-state index contributed by atoms with van der Waals surface area (Å²) in [5.41, 5.74) is 0. The van der Waals surface area contributed by atoms with Crippen molar-refractivity contribution >= 4 is 71.1 Å². The Morgan fingerprint density at radius 2 is 0.527 bits per heavy atom. The van der Waals surface area contributed by atoms with Crippen molar-refractivity contribution < 1.29 is 116 Å². The first-order valence-electron chi connectivity index (χ1n) is 32.6. The highest BCUT2D eigenvalue weighted by atomic mass is 16.5. The average molecular weight is 1340 g/mol. The number of carboxylic acid groups (broad SMARTS) is 4. The SMILES string of the molecule is CCCCNC(=O)CC[C@H](NC(=O)CCC(NC(=O)COCCOCCNC(=O)COCCOCCNC(=O)COCCOCCNC(=O)COCCOCCNC(=O)CC[C@H](NC(=O)CCCCCCCCCCCCCCCCC(=O)O)C(=O)O)C(=O)O)C(=O)O. The summed E-state index contributed by atoms with van der Waals surface area (Å²) in [6, 6.07) is -3.98. The first-order chi connectivity index (χ1) is 44.8. The number of hydrogen-bond donors (Lipinski definition) is 12. The lowest BCUT2D eigenvalue weighted by Crippen LogP contribution is -2.45. The topological polar surface area (TPSA) is 456 Å². The van der Waals surface area contributed by atoms with Gasteiger partial charge in [0.05, 0.1) is 79.3 Å². The standard InChI is InChI=1S/C61H108N8O24/c1-2-3-26-62-50(70)23-20-48(60(82)83)68-53(73)25-22-49(61(84)85)69-57(77)46-93-42-38-89-34-30-66-56(76)45-92-41-37-88-33-29-65-55(75)44-91-40-36-87-32-28-64-54(74)43-90-39-35-86-31-27-63-51(71)24-21-47(59(80)81)67-52(72)18-16-14-12-10-8-6-4-5-7-9-11-13-15-17-19-58(78)79/h47-49H,2-46H2,1H3,(H,62,70)(H,63,71)(H,64,74)(H,65,75)(H,66,76)(H,67,72)(H,68,73)(H,69,77)(H,78,79)(H,80,81)(H,82,83)(H,84,85)/t47-,48-,49?/m0/s1. The molecule has 12 N–H and O–H groups in total. The molecule has 0 saturated heterocycles. The zero-order valence-corrected chi connectivity index (χ0v) is 54.5. The van der Waals surface area contributed by atoms with Gasteiger partial charge in [-0.25, -0.2) is 14.4 Å². The van der Waals surface area contributed by atoms with Crippen LogP contribution in [0.25, 0.3) is 0 Å². The Kier molecular flexibility index (Phi) is 57.1. The van der Waals surface area contributed by atoms with Crippen molar-refractivity contribution in [1.82, 2.24) is 42.5 Å². The van der Waals surface area contributed by atoms with E-state index in [1.54, 1.807) is 0 Å². The molecule has 0 saturated carbocycles. The van der Waals surface area contributed by atoms with E-state index in [1.807, 2.05) is 6.92 Å². The fraction of sp³-hybridized carbons (Fsp3) is 0.803. The molecule has 0 aliphatic carbocycles. The number of unbranched alkanes of at least 4 members (excludes halogenated alkanes) is 14. The van der Waals surface area contributed by atoms with Crippen LogP contribution in [0.4, 0.5) is 0 Å². The van der Waals surface area contributed by atoms with E-state index in [0.717, 1.165) is 64.2 Å². The number of carbonyl (C=O) groups excluding carboxylic acids is 8. The van der Waals surface area contributed by atoms with Gasteiger partial charge in [0.25, 0.3) is 0 Å². The number of carboxylic acids is 4. The van der Waals surface area contributed by atoms with Gasteiger partial charge in [-0.05, 0) is 38.5 Å². The Hall–Kier alpha value is -6.68. The van der Waals surface area contributed by atoms with E-state index in [2.05, 4.69) is 42.5 Å². The van der Waals surface area contributed by atoms with Gasteiger partial charge in [-0.15, -0.1) is 0 Å². The van der Waals surface area contributed by atoms with Gasteiger partial charge in [0, 0.05) is 64.8 Å². The summed E-state index contributed by atoms with van der Waals surface area (Å²) in [6.07, 6.45) is 15.8. The molecule has 0 aromatic rings. The van der Waals surface area contributed by atoms with Crippen LogP contribution in [0.15, 0.2) is 0 Å². The maximum Gasteiger partial charge on any atom is 0.326 e. The Bertz CT molecular complexity index is 2090. The minimum Gasteiger partial charge on any atom is -0.481 e. The number of rotatable bonds is 67. The molecule has 0 bridgehead atoms. The van der Waals surface area contributed by atoms with Crippen molar-refractivity contribution in [3.8, 4) is 0 Å². The maximum atomic E-state index is 12.4. The highest BCUT2D eigenvalue weighted by Crippen LogP contribution is 2.14. The predicted molar refractivity (Wildman–Crippen MR) is 334 cm³/mol. The number of amides is 8. The molecule has 8 amide bonds. The van der Waals surface area contributed by atoms with Gasteiger partial charge in [-0.1, -0.05) is 90.4 Å². The van der Waals surface area contributed by atoms with Crippen LogP contribution >= 0.6 is 0 Å². The highest BCUT2D eigenvalue weighted by molar-refractivity contribution is 5.87. The lowest BCUT2D eigenvalue weighted by Gasteiger charge is -2.17. The highest BCUT2D eigenvalue weighted by Gasteiger charge is 2.25. The van der Waals surface area contributed by atoms with Gasteiger partial charge in [0.1, 0.15) is 44.6 Å². The van der Waals surface area contributed by atoms with Crippen molar-refractivity contribution in [2.75, 3.05) is 138 Å². The summed E-state index contributed by atoms with van der Waals surface area (Å²) in [4.78, 5) is 143. The minimum absolute atomic E-state index is 0.0299. The van der Waals surface area contributed by atoms with Crippen LogP contribution in [-0.2, 0) is 95.4 Å². The molecule has 0 radical (unpaired) electrons. The van der Waals surface area contributed by atoms with E-state index in [9.17, 15) is 72.9 Å². The fourth-order valence-corrected chi connectivity index (χ4v) is 8.37. The zero-order chi connectivity index (χ0) is 68.8. The molecule has 536 valence electrons. The summed E-state index contributed by atoms with van der Waals surface area (Å²) in [5.74, 6) is -8.43. The molecule has 0 aromatic carbocycles. The van der Waals surface area contributed by atoms with E-state index in [-0.39, 0.29) is 200 Å². The summed E-state index contributed by atoms with van der Waals surface area (Å²) >= 11 is 0. The lowest BCUT2D eigenvalue weighted by molar-refractivity contribution is -0.144. The molecule has 0 heterocycles. The van der Waals surface area contributed by atoms with Gasteiger partial charge in [0.2, 0.25) is 47.3 Å². The molecule has 0 aromatic heterocycles. The summed E-state index contributed by atoms with van der Waals surface area (Å²) in [5, 5.41) is 57.3. The van der Waals surface area contributed by atoms with Gasteiger partial charge in [0.15, 0.2) is 0 Å². The van der Waals surface area contributed by atoms with Crippen molar-refractivity contribution in [3.05, 3.63) is 0 Å². The third-order valence-electron chi connectivity index (χ3n) is 13.5. The second-order valence-electron chi connectivity index (χ2n) is 21.6. The fourth-order valence-electron chi connectivity index (χ4n) is 8.37. The van der Waals surface area contributed by atoms with Crippen LogP contribution in [-0.4, -0.2) is 248 Å². The third kappa shape index (κ3) is 58.9. The first kappa shape index (κ1) is 86.3. The minimum atomic E-state index is -1.45. The maximum absolute atomic E-state index is 12.4. The number of nitrogens with one attached hydrogen (secondary N) is 8. The van der Waals surface area contributed by atoms with Gasteiger partial charge in [-0.3, -0.25) is 43.2 Å². The quantitative estimate of drug-likeness (QED) is 0.0376. The van der Waals surface area contributed by atoms with Gasteiger partial charge in [-0.2, -0.15) is 0 Å². The van der Waals surface area contributed by atoms with E-state index in [1.165, 1.54) is 32.1 Å². The van der Waals surface area contributed by atoms with Crippen molar-refractivity contribution in [3.63, 3.8) is 0 Å². The average Bonchev–Trinajstić information content (AvgIpc) is 3.62. The van der Waals surface area contributed by atoms with Crippen LogP contribution in [0.2, 0.25) is 0 Å². The van der Waals surface area contributed by atoms with E-state index in [4.69, 9.17) is 43.0 Å². The zero-order valence-electron chi connectivity index (χ0n) is 54.5. The number of carbonyl (C=O) groups is 12. The van der Waals surface area contributed by atoms with Crippen LogP contribution < -0.4 is 42.5 Å². The monoisotopic (exact) mass is 1340 g/mol. The third-order valence-corrected chi connectivity index (χ3v) is 13.5. The largest absolute Gasteiger partial charge is 0.481 e. The molecular formula is C61H108N8O24. The predicted octanol–water partition coefficient (Wildman–Crippen LogP) is 0.875. The summed E-state index contributed by atoms with van der Waals surface area (Å²) in [6.45, 7) is 3.61. The smallest absolute Gasteiger partial charge is 0.326 e. The van der Waals surface area contributed by atoms with Crippen LogP contribution in [0.3, 0.4) is 0 Å². The summed E-state index contributed by atoms with van der Waals surface area (Å²) < 4.78 is 42.5. The van der Waals surface area contributed by atoms with Crippen molar-refractivity contribution in [1.29, 1.82) is 0 Å². The molecule has 93 heavy (non-hydrogen) atoms. The van der Waals surface area contributed by atoms with E-state index < -0.39 is 72.8 Å². The number of aliphatic carboxylic acids is 4. The Balaban J connectivity index is 3.73. The Morgan fingerprint density at radius 3 is 0.849 bits per heavy atom. The van der Waals surface area contributed by atoms with Gasteiger partial charge < -0.3 is 101 Å². The molecule has 3 atom stereocenters. The van der Waals surface area contributed by atoms with Crippen LogP contribution in [0, 0.1) is 0 Å². The number of hydrogen-bond acceptors (Lipinski definition) is 20.